The van der Waals surface area contributed by atoms with E-state index in [2.05, 4.69) is 17.2 Å². The Morgan fingerprint density at radius 1 is 1.62 bits per heavy atom. The van der Waals surface area contributed by atoms with Crippen molar-refractivity contribution in [3.8, 4) is 0 Å². The summed E-state index contributed by atoms with van der Waals surface area (Å²) in [6.45, 7) is 3.90. The standard InChI is InChI=1S/C9H17N3O/c1-4-5-9(2,13)6-8-7-12(3)11-10-8/h7,13H,4-6H2,1-3H3. The Morgan fingerprint density at radius 2 is 2.31 bits per heavy atom. The highest BCUT2D eigenvalue weighted by atomic mass is 16.3. The molecule has 1 rings (SSSR count). The Labute approximate surface area is 78.6 Å². The Balaban J connectivity index is 2.57. The van der Waals surface area contributed by atoms with Gasteiger partial charge in [-0.05, 0) is 13.3 Å². The first kappa shape index (κ1) is 10.2. The van der Waals surface area contributed by atoms with E-state index in [4.69, 9.17) is 0 Å². The van der Waals surface area contributed by atoms with Crippen LogP contribution < -0.4 is 0 Å². The van der Waals surface area contributed by atoms with Crippen LogP contribution in [0.5, 0.6) is 0 Å². The third-order valence-corrected chi connectivity index (χ3v) is 2.00. The molecule has 0 saturated carbocycles. The zero-order valence-corrected chi connectivity index (χ0v) is 8.49. The molecule has 1 unspecified atom stereocenters. The van der Waals surface area contributed by atoms with E-state index in [1.807, 2.05) is 20.2 Å². The van der Waals surface area contributed by atoms with Crippen LogP contribution in [-0.2, 0) is 13.5 Å². The highest BCUT2D eigenvalue weighted by Gasteiger charge is 2.20. The van der Waals surface area contributed by atoms with Crippen LogP contribution in [0.2, 0.25) is 0 Å². The lowest BCUT2D eigenvalue weighted by Crippen LogP contribution is -2.26. The molecule has 1 atom stereocenters. The lowest BCUT2D eigenvalue weighted by atomic mass is 9.95. The van der Waals surface area contributed by atoms with Crippen LogP contribution in [0.4, 0.5) is 0 Å². The molecule has 0 aliphatic carbocycles. The fourth-order valence-electron chi connectivity index (χ4n) is 1.49. The zero-order valence-electron chi connectivity index (χ0n) is 8.49. The number of aryl methyl sites for hydroxylation is 1. The van der Waals surface area contributed by atoms with Gasteiger partial charge >= 0.3 is 0 Å². The van der Waals surface area contributed by atoms with Crippen molar-refractivity contribution in [2.24, 2.45) is 7.05 Å². The Bertz CT molecular complexity index is 268. The largest absolute Gasteiger partial charge is 0.390 e. The normalized spacial score (nSPS) is 15.7. The van der Waals surface area contributed by atoms with Crippen LogP contribution in [0.15, 0.2) is 6.20 Å². The van der Waals surface area contributed by atoms with Crippen LogP contribution in [0.1, 0.15) is 32.4 Å². The van der Waals surface area contributed by atoms with Gasteiger partial charge in [0.05, 0.1) is 11.3 Å². The number of nitrogens with zero attached hydrogens (tertiary/aromatic N) is 3. The molecule has 0 aliphatic heterocycles. The van der Waals surface area contributed by atoms with Crippen molar-refractivity contribution in [1.82, 2.24) is 15.0 Å². The van der Waals surface area contributed by atoms with Gasteiger partial charge in [-0.25, -0.2) is 0 Å². The van der Waals surface area contributed by atoms with Crippen molar-refractivity contribution in [2.45, 2.75) is 38.7 Å². The molecule has 0 amide bonds. The van der Waals surface area contributed by atoms with E-state index in [-0.39, 0.29) is 0 Å². The second kappa shape index (κ2) is 3.87. The van der Waals surface area contributed by atoms with Gasteiger partial charge in [0.25, 0.3) is 0 Å². The number of rotatable bonds is 4. The van der Waals surface area contributed by atoms with Gasteiger partial charge < -0.3 is 5.11 Å². The van der Waals surface area contributed by atoms with Crippen LogP contribution >= 0.6 is 0 Å². The van der Waals surface area contributed by atoms with Crippen molar-refractivity contribution < 1.29 is 5.11 Å². The summed E-state index contributed by atoms with van der Waals surface area (Å²) in [6, 6.07) is 0. The summed E-state index contributed by atoms with van der Waals surface area (Å²) in [5, 5.41) is 17.7. The summed E-state index contributed by atoms with van der Waals surface area (Å²) < 4.78 is 1.65. The number of aliphatic hydroxyl groups is 1. The minimum Gasteiger partial charge on any atom is -0.390 e. The maximum absolute atomic E-state index is 9.90. The second-order valence-corrected chi connectivity index (χ2v) is 3.81. The first-order valence-electron chi connectivity index (χ1n) is 4.61. The number of aromatic nitrogens is 3. The molecule has 74 valence electrons. The van der Waals surface area contributed by atoms with Crippen molar-refractivity contribution >= 4 is 0 Å². The molecule has 0 aromatic carbocycles. The van der Waals surface area contributed by atoms with E-state index in [0.717, 1.165) is 18.5 Å². The molecule has 1 N–H and O–H groups in total. The Morgan fingerprint density at radius 3 is 2.77 bits per heavy atom. The van der Waals surface area contributed by atoms with Gasteiger partial charge in [0.2, 0.25) is 0 Å². The molecule has 0 aliphatic rings. The summed E-state index contributed by atoms with van der Waals surface area (Å²) in [5.74, 6) is 0. The third-order valence-electron chi connectivity index (χ3n) is 2.00. The lowest BCUT2D eigenvalue weighted by Gasteiger charge is -2.20. The molecule has 4 heteroatoms. The van der Waals surface area contributed by atoms with Crippen LogP contribution in [0, 0.1) is 0 Å². The minimum atomic E-state index is -0.648. The Hall–Kier alpha value is -0.900. The number of hydrogen-bond donors (Lipinski definition) is 1. The predicted octanol–water partition coefficient (Wildman–Crippen LogP) is 0.909. The van der Waals surface area contributed by atoms with Gasteiger partial charge in [0, 0.05) is 19.7 Å². The van der Waals surface area contributed by atoms with Gasteiger partial charge in [0.15, 0.2) is 0 Å². The zero-order chi connectivity index (χ0) is 9.90. The highest BCUT2D eigenvalue weighted by molar-refractivity contribution is 4.97. The molecule has 0 spiro atoms. The Kier molecular flexibility index (Phi) is 3.03. The third kappa shape index (κ3) is 3.14. The van der Waals surface area contributed by atoms with Crippen molar-refractivity contribution in [2.75, 3.05) is 0 Å². The van der Waals surface area contributed by atoms with E-state index < -0.39 is 5.60 Å². The summed E-state index contributed by atoms with van der Waals surface area (Å²) in [7, 11) is 1.82. The second-order valence-electron chi connectivity index (χ2n) is 3.81. The predicted molar refractivity (Wildman–Crippen MR) is 50.2 cm³/mol. The molecule has 1 heterocycles. The van der Waals surface area contributed by atoms with Crippen molar-refractivity contribution in [3.05, 3.63) is 11.9 Å². The van der Waals surface area contributed by atoms with Crippen LogP contribution in [0.3, 0.4) is 0 Å². The first-order chi connectivity index (χ1) is 6.03. The fourth-order valence-corrected chi connectivity index (χ4v) is 1.49. The quantitative estimate of drug-likeness (QED) is 0.754. The maximum Gasteiger partial charge on any atom is 0.0855 e. The average molecular weight is 183 g/mol. The van der Waals surface area contributed by atoms with Crippen molar-refractivity contribution in [3.63, 3.8) is 0 Å². The van der Waals surface area contributed by atoms with Gasteiger partial charge in [-0.1, -0.05) is 18.6 Å². The molecular weight excluding hydrogens is 166 g/mol. The van der Waals surface area contributed by atoms with Gasteiger partial charge in [0.1, 0.15) is 0 Å². The smallest absolute Gasteiger partial charge is 0.0855 e. The summed E-state index contributed by atoms with van der Waals surface area (Å²) in [6.07, 6.45) is 4.19. The van der Waals surface area contributed by atoms with E-state index in [0.29, 0.717) is 6.42 Å². The van der Waals surface area contributed by atoms with E-state index in [1.165, 1.54) is 0 Å². The van der Waals surface area contributed by atoms with Gasteiger partial charge in [-0.15, -0.1) is 5.10 Å². The van der Waals surface area contributed by atoms with Crippen LogP contribution in [0.25, 0.3) is 0 Å². The molecule has 0 fully saturated rings. The lowest BCUT2D eigenvalue weighted by molar-refractivity contribution is 0.0496. The fraction of sp³-hybridized carbons (Fsp3) is 0.778. The molecule has 4 nitrogen and oxygen atoms in total. The van der Waals surface area contributed by atoms with E-state index in [1.54, 1.807) is 4.68 Å². The first-order valence-corrected chi connectivity index (χ1v) is 4.61. The average Bonchev–Trinajstić information content (AvgIpc) is 2.34. The number of hydrogen-bond acceptors (Lipinski definition) is 3. The maximum atomic E-state index is 9.90. The molecule has 0 saturated heterocycles. The molecule has 0 bridgehead atoms. The molecular formula is C9H17N3O. The summed E-state index contributed by atoms with van der Waals surface area (Å²) in [5.41, 5.74) is 0.200. The SMILES string of the molecule is CCCC(C)(O)Cc1cn(C)nn1. The molecule has 1 aromatic heterocycles. The van der Waals surface area contributed by atoms with Gasteiger partial charge in [-0.2, -0.15) is 0 Å². The van der Waals surface area contributed by atoms with Crippen molar-refractivity contribution in [1.29, 1.82) is 0 Å². The van der Waals surface area contributed by atoms with Gasteiger partial charge in [-0.3, -0.25) is 4.68 Å². The summed E-state index contributed by atoms with van der Waals surface area (Å²) in [4.78, 5) is 0. The summed E-state index contributed by atoms with van der Waals surface area (Å²) >= 11 is 0. The van der Waals surface area contributed by atoms with E-state index in [9.17, 15) is 5.11 Å². The molecule has 13 heavy (non-hydrogen) atoms. The van der Waals surface area contributed by atoms with Crippen LogP contribution in [-0.4, -0.2) is 25.7 Å². The minimum absolute atomic E-state index is 0.578. The van der Waals surface area contributed by atoms with E-state index >= 15 is 0 Å². The molecule has 0 radical (unpaired) electrons. The monoisotopic (exact) mass is 183 g/mol. The topological polar surface area (TPSA) is 50.9 Å². The molecule has 1 aromatic rings. The highest BCUT2D eigenvalue weighted by Crippen LogP contribution is 2.16.